The number of likely N-dealkylation sites (N-methyl/N-ethyl adjacent to an activating group) is 1. The Morgan fingerprint density at radius 3 is 2.53 bits per heavy atom. The Morgan fingerprint density at radius 2 is 1.89 bits per heavy atom. The van der Waals surface area contributed by atoms with Gasteiger partial charge in [0.15, 0.2) is 0 Å². The number of carbonyl (C=O) groups excluding carboxylic acids is 1. The molecule has 1 rings (SSSR count). The van der Waals surface area contributed by atoms with Crippen molar-refractivity contribution in [2.75, 3.05) is 26.7 Å². The molecule has 0 unspecified atom stereocenters. The second-order valence-electron chi connectivity index (χ2n) is 5.08. The van der Waals surface area contributed by atoms with Crippen LogP contribution in [-0.2, 0) is 16.0 Å². The molecule has 0 amide bonds. The number of aryl methyl sites for hydroxylation is 1. The molecule has 19 heavy (non-hydrogen) atoms. The van der Waals surface area contributed by atoms with Crippen molar-refractivity contribution in [3.8, 4) is 0 Å². The van der Waals surface area contributed by atoms with E-state index in [9.17, 15) is 4.79 Å². The van der Waals surface area contributed by atoms with Crippen LogP contribution in [0, 0.1) is 20.8 Å². The molecule has 0 fully saturated rings. The van der Waals surface area contributed by atoms with Gasteiger partial charge in [-0.25, -0.2) is 0 Å². The van der Waals surface area contributed by atoms with Crippen LogP contribution in [0.15, 0.2) is 12.1 Å². The van der Waals surface area contributed by atoms with Crippen molar-refractivity contribution >= 4 is 5.97 Å². The number of benzene rings is 1. The van der Waals surface area contributed by atoms with Crippen LogP contribution in [0.5, 0.6) is 0 Å². The van der Waals surface area contributed by atoms with Gasteiger partial charge in [-0.05, 0) is 63.4 Å². The first kappa shape index (κ1) is 15.7. The number of hydrogen-bond acceptors (Lipinski definition) is 3. The maximum Gasteiger partial charge on any atom is 0.320 e. The lowest BCUT2D eigenvalue weighted by Gasteiger charge is -2.17. The smallest absolute Gasteiger partial charge is 0.320 e. The molecule has 0 aliphatic rings. The zero-order valence-corrected chi connectivity index (χ0v) is 12.7. The lowest BCUT2D eigenvalue weighted by Crippen LogP contribution is -2.29. The molecule has 0 radical (unpaired) electrons. The van der Waals surface area contributed by atoms with Crippen LogP contribution in [0.4, 0.5) is 0 Å². The minimum Gasteiger partial charge on any atom is -0.465 e. The second kappa shape index (κ2) is 7.29. The second-order valence-corrected chi connectivity index (χ2v) is 5.08. The van der Waals surface area contributed by atoms with Crippen LogP contribution >= 0.6 is 0 Å². The van der Waals surface area contributed by atoms with Crippen molar-refractivity contribution in [3.63, 3.8) is 0 Å². The van der Waals surface area contributed by atoms with Gasteiger partial charge in [0.2, 0.25) is 0 Å². The first-order valence-corrected chi connectivity index (χ1v) is 6.85. The maximum atomic E-state index is 11.4. The van der Waals surface area contributed by atoms with E-state index in [4.69, 9.17) is 4.74 Å². The molecule has 0 saturated heterocycles. The van der Waals surface area contributed by atoms with Crippen LogP contribution in [0.3, 0.4) is 0 Å². The van der Waals surface area contributed by atoms with Crippen LogP contribution < -0.4 is 0 Å². The van der Waals surface area contributed by atoms with E-state index in [1.807, 2.05) is 18.9 Å². The number of rotatable bonds is 6. The summed E-state index contributed by atoms with van der Waals surface area (Å²) in [5.74, 6) is -0.151. The van der Waals surface area contributed by atoms with E-state index in [0.29, 0.717) is 13.2 Å². The summed E-state index contributed by atoms with van der Waals surface area (Å²) in [6.07, 6.45) is 0.961. The first-order valence-electron chi connectivity index (χ1n) is 6.85. The third-order valence-electron chi connectivity index (χ3n) is 3.64. The lowest BCUT2D eigenvalue weighted by molar-refractivity contribution is -0.144. The molecule has 0 atom stereocenters. The van der Waals surface area contributed by atoms with E-state index in [1.54, 1.807) is 0 Å². The summed E-state index contributed by atoms with van der Waals surface area (Å²) in [6.45, 7) is 9.97. The molecule has 1 aromatic carbocycles. The minimum atomic E-state index is -0.151. The Morgan fingerprint density at radius 1 is 1.21 bits per heavy atom. The average molecular weight is 263 g/mol. The summed E-state index contributed by atoms with van der Waals surface area (Å²) in [5.41, 5.74) is 5.43. The van der Waals surface area contributed by atoms with Crippen LogP contribution in [0.25, 0.3) is 0 Å². The van der Waals surface area contributed by atoms with E-state index in [1.165, 1.54) is 22.3 Å². The topological polar surface area (TPSA) is 29.5 Å². The number of ether oxygens (including phenoxy) is 1. The molecule has 3 heteroatoms. The molecular weight excluding hydrogens is 238 g/mol. The van der Waals surface area contributed by atoms with Gasteiger partial charge in [-0.15, -0.1) is 0 Å². The molecule has 3 nitrogen and oxygen atoms in total. The van der Waals surface area contributed by atoms with Gasteiger partial charge >= 0.3 is 5.97 Å². The summed E-state index contributed by atoms with van der Waals surface area (Å²) < 4.78 is 4.94. The predicted molar refractivity (Wildman–Crippen MR) is 78.5 cm³/mol. The molecule has 106 valence electrons. The molecule has 0 N–H and O–H groups in total. The van der Waals surface area contributed by atoms with Gasteiger partial charge in [0.1, 0.15) is 0 Å². The highest BCUT2D eigenvalue weighted by Gasteiger charge is 2.09. The zero-order chi connectivity index (χ0) is 14.4. The quantitative estimate of drug-likeness (QED) is 0.739. The Kier molecular flexibility index (Phi) is 6.03. The maximum absolute atomic E-state index is 11.4. The molecule has 0 aromatic heterocycles. The number of esters is 1. The molecule has 0 heterocycles. The molecule has 0 bridgehead atoms. The summed E-state index contributed by atoms with van der Waals surface area (Å²) in [4.78, 5) is 13.4. The standard InChI is InChI=1S/C16H25NO2/c1-6-19-16(18)11-17(5)10-9-15-8-7-12(2)13(3)14(15)4/h7-8H,6,9-11H2,1-5H3. The van der Waals surface area contributed by atoms with E-state index in [-0.39, 0.29) is 5.97 Å². The number of hydrogen-bond donors (Lipinski definition) is 0. The van der Waals surface area contributed by atoms with Gasteiger partial charge in [-0.1, -0.05) is 12.1 Å². The Bertz CT molecular complexity index is 441. The Hall–Kier alpha value is -1.35. The van der Waals surface area contributed by atoms with Gasteiger partial charge in [0.05, 0.1) is 13.2 Å². The third-order valence-corrected chi connectivity index (χ3v) is 3.64. The molecule has 1 aromatic rings. The Balaban J connectivity index is 2.53. The molecule has 0 saturated carbocycles. The van der Waals surface area contributed by atoms with E-state index in [0.717, 1.165) is 13.0 Å². The summed E-state index contributed by atoms with van der Waals surface area (Å²) in [5, 5.41) is 0. The van der Waals surface area contributed by atoms with E-state index < -0.39 is 0 Å². The van der Waals surface area contributed by atoms with Crippen molar-refractivity contribution in [2.24, 2.45) is 0 Å². The summed E-state index contributed by atoms with van der Waals surface area (Å²) >= 11 is 0. The van der Waals surface area contributed by atoms with Gasteiger partial charge in [0.25, 0.3) is 0 Å². The van der Waals surface area contributed by atoms with E-state index >= 15 is 0 Å². The fraction of sp³-hybridized carbons (Fsp3) is 0.562. The third kappa shape index (κ3) is 4.67. The zero-order valence-electron chi connectivity index (χ0n) is 12.7. The molecule has 0 aliphatic heterocycles. The normalized spacial score (nSPS) is 10.8. The van der Waals surface area contributed by atoms with Crippen molar-refractivity contribution in [1.82, 2.24) is 4.90 Å². The molecule has 0 aliphatic carbocycles. The summed E-state index contributed by atoms with van der Waals surface area (Å²) in [7, 11) is 1.95. The highest BCUT2D eigenvalue weighted by Crippen LogP contribution is 2.17. The number of carbonyl (C=O) groups is 1. The molecular formula is C16H25NO2. The van der Waals surface area contributed by atoms with Crippen LogP contribution in [0.2, 0.25) is 0 Å². The van der Waals surface area contributed by atoms with Crippen molar-refractivity contribution in [3.05, 3.63) is 34.4 Å². The van der Waals surface area contributed by atoms with Gasteiger partial charge in [-0.3, -0.25) is 9.69 Å². The first-order chi connectivity index (χ1) is 8.95. The molecule has 0 spiro atoms. The van der Waals surface area contributed by atoms with Crippen LogP contribution in [0.1, 0.15) is 29.2 Å². The van der Waals surface area contributed by atoms with Crippen molar-refractivity contribution < 1.29 is 9.53 Å². The Labute approximate surface area is 116 Å². The number of nitrogens with zero attached hydrogens (tertiary/aromatic N) is 1. The van der Waals surface area contributed by atoms with Crippen molar-refractivity contribution in [1.29, 1.82) is 0 Å². The van der Waals surface area contributed by atoms with Gasteiger partial charge in [-0.2, -0.15) is 0 Å². The average Bonchev–Trinajstić information content (AvgIpc) is 2.35. The fourth-order valence-corrected chi connectivity index (χ4v) is 2.10. The minimum absolute atomic E-state index is 0.151. The monoisotopic (exact) mass is 263 g/mol. The summed E-state index contributed by atoms with van der Waals surface area (Å²) in [6, 6.07) is 4.36. The highest BCUT2D eigenvalue weighted by atomic mass is 16.5. The fourth-order valence-electron chi connectivity index (χ4n) is 2.10. The highest BCUT2D eigenvalue weighted by molar-refractivity contribution is 5.71. The van der Waals surface area contributed by atoms with Crippen LogP contribution in [-0.4, -0.2) is 37.6 Å². The predicted octanol–water partition coefficient (Wildman–Crippen LogP) is 2.65. The van der Waals surface area contributed by atoms with Crippen molar-refractivity contribution in [2.45, 2.75) is 34.1 Å². The van der Waals surface area contributed by atoms with Gasteiger partial charge in [0, 0.05) is 6.54 Å². The lowest BCUT2D eigenvalue weighted by atomic mass is 9.97. The largest absolute Gasteiger partial charge is 0.465 e. The SMILES string of the molecule is CCOC(=O)CN(C)CCc1ccc(C)c(C)c1C. The van der Waals surface area contributed by atoms with E-state index in [2.05, 4.69) is 32.9 Å². The van der Waals surface area contributed by atoms with Gasteiger partial charge < -0.3 is 4.74 Å².